The Morgan fingerprint density at radius 3 is 2.76 bits per heavy atom. The van der Waals surface area contributed by atoms with E-state index in [0.29, 0.717) is 11.7 Å². The molecule has 0 aromatic heterocycles. The molecule has 17 heavy (non-hydrogen) atoms. The topological polar surface area (TPSA) is 20.3 Å². The number of carbonyl (C=O) groups excluding carboxylic acids is 1. The highest BCUT2D eigenvalue weighted by Gasteiger charge is 2.40. The van der Waals surface area contributed by atoms with Crippen LogP contribution in [0.1, 0.15) is 45.4 Å². The standard InChI is InChI=1S/C15H25NO/c1-11(17)14-3-2-6-16(9-14)10-15-8-12-4-5-13(15)7-12/h12-15H,2-10H2,1H3. The summed E-state index contributed by atoms with van der Waals surface area (Å²) in [6.45, 7) is 5.33. The van der Waals surface area contributed by atoms with E-state index < -0.39 is 0 Å². The first kappa shape index (κ1) is 11.7. The molecular weight excluding hydrogens is 210 g/mol. The predicted octanol–water partition coefficient (Wildman–Crippen LogP) is 2.72. The van der Waals surface area contributed by atoms with Crippen LogP contribution in [-0.4, -0.2) is 30.3 Å². The number of ketones is 1. The summed E-state index contributed by atoms with van der Waals surface area (Å²) in [7, 11) is 0. The largest absolute Gasteiger partial charge is 0.302 e. The van der Waals surface area contributed by atoms with E-state index in [1.165, 1.54) is 45.2 Å². The predicted molar refractivity (Wildman–Crippen MR) is 68.8 cm³/mol. The van der Waals surface area contributed by atoms with Gasteiger partial charge in [0.15, 0.2) is 0 Å². The van der Waals surface area contributed by atoms with Gasteiger partial charge in [0.05, 0.1) is 0 Å². The Bertz CT molecular complexity index is 301. The summed E-state index contributed by atoms with van der Waals surface area (Å²) in [5.41, 5.74) is 0. The third kappa shape index (κ3) is 2.42. The van der Waals surface area contributed by atoms with Crippen LogP contribution in [-0.2, 0) is 4.79 Å². The molecule has 2 nitrogen and oxygen atoms in total. The van der Waals surface area contributed by atoms with Crippen LogP contribution in [0.5, 0.6) is 0 Å². The van der Waals surface area contributed by atoms with Gasteiger partial charge in [-0.1, -0.05) is 6.42 Å². The molecule has 3 fully saturated rings. The second-order valence-corrected chi connectivity index (χ2v) is 6.64. The molecule has 2 saturated carbocycles. The van der Waals surface area contributed by atoms with E-state index in [1.807, 2.05) is 0 Å². The van der Waals surface area contributed by atoms with Crippen LogP contribution in [0.25, 0.3) is 0 Å². The van der Waals surface area contributed by atoms with Crippen molar-refractivity contribution in [2.24, 2.45) is 23.7 Å². The van der Waals surface area contributed by atoms with Gasteiger partial charge in [0.25, 0.3) is 0 Å². The van der Waals surface area contributed by atoms with E-state index in [1.54, 1.807) is 6.92 Å². The van der Waals surface area contributed by atoms with Crippen molar-refractivity contribution in [3.63, 3.8) is 0 Å². The Morgan fingerprint density at radius 2 is 2.12 bits per heavy atom. The fraction of sp³-hybridized carbons (Fsp3) is 0.933. The monoisotopic (exact) mass is 235 g/mol. The molecule has 0 N–H and O–H groups in total. The SMILES string of the molecule is CC(=O)C1CCCN(CC2CC3CCC2C3)C1. The van der Waals surface area contributed by atoms with Crippen LogP contribution >= 0.6 is 0 Å². The average Bonchev–Trinajstić information content (AvgIpc) is 2.91. The van der Waals surface area contributed by atoms with Gasteiger partial charge in [-0.05, 0) is 63.3 Å². The van der Waals surface area contributed by atoms with Crippen molar-refractivity contribution >= 4 is 5.78 Å². The lowest BCUT2D eigenvalue weighted by molar-refractivity contribution is -0.122. The maximum absolute atomic E-state index is 11.5. The highest BCUT2D eigenvalue weighted by atomic mass is 16.1. The van der Waals surface area contributed by atoms with Gasteiger partial charge in [-0.2, -0.15) is 0 Å². The third-order valence-corrected chi connectivity index (χ3v) is 5.46. The minimum Gasteiger partial charge on any atom is -0.302 e. The molecule has 0 aromatic rings. The van der Waals surface area contributed by atoms with Gasteiger partial charge < -0.3 is 4.90 Å². The molecule has 0 aromatic carbocycles. The summed E-state index contributed by atoms with van der Waals surface area (Å²) in [5, 5.41) is 0. The number of fused-ring (bicyclic) bond motifs is 2. The van der Waals surface area contributed by atoms with Gasteiger partial charge in [0.2, 0.25) is 0 Å². The Hall–Kier alpha value is -0.370. The highest BCUT2D eigenvalue weighted by Crippen LogP contribution is 2.48. The van der Waals surface area contributed by atoms with Crippen molar-refractivity contribution in [1.29, 1.82) is 0 Å². The second-order valence-electron chi connectivity index (χ2n) is 6.64. The molecule has 3 aliphatic rings. The van der Waals surface area contributed by atoms with Gasteiger partial charge >= 0.3 is 0 Å². The molecule has 1 aliphatic heterocycles. The number of rotatable bonds is 3. The fourth-order valence-corrected chi connectivity index (χ4v) is 4.48. The van der Waals surface area contributed by atoms with Gasteiger partial charge in [0, 0.05) is 19.0 Å². The van der Waals surface area contributed by atoms with Gasteiger partial charge in [-0.3, -0.25) is 4.79 Å². The summed E-state index contributed by atoms with van der Waals surface area (Å²) in [5.74, 6) is 3.78. The molecule has 4 atom stereocenters. The Morgan fingerprint density at radius 1 is 1.24 bits per heavy atom. The minimum absolute atomic E-state index is 0.336. The summed E-state index contributed by atoms with van der Waals surface area (Å²) in [6, 6.07) is 0. The van der Waals surface area contributed by atoms with E-state index in [0.717, 1.165) is 30.7 Å². The van der Waals surface area contributed by atoms with Crippen LogP contribution in [0, 0.1) is 23.7 Å². The van der Waals surface area contributed by atoms with Crippen molar-refractivity contribution < 1.29 is 4.79 Å². The van der Waals surface area contributed by atoms with Crippen LogP contribution in [0.2, 0.25) is 0 Å². The molecular formula is C15H25NO. The van der Waals surface area contributed by atoms with Crippen molar-refractivity contribution in [3.8, 4) is 0 Å². The van der Waals surface area contributed by atoms with Crippen LogP contribution in [0.15, 0.2) is 0 Å². The maximum atomic E-state index is 11.5. The molecule has 0 amide bonds. The first-order valence-electron chi connectivity index (χ1n) is 7.45. The summed E-state index contributed by atoms with van der Waals surface area (Å²) >= 11 is 0. The fourth-order valence-electron chi connectivity index (χ4n) is 4.48. The first-order valence-corrected chi connectivity index (χ1v) is 7.45. The number of likely N-dealkylation sites (tertiary alicyclic amines) is 1. The number of carbonyl (C=O) groups is 1. The first-order chi connectivity index (χ1) is 8.22. The van der Waals surface area contributed by atoms with Crippen LogP contribution < -0.4 is 0 Å². The number of Topliss-reactive ketones (excluding diaryl/α,β-unsaturated/α-hetero) is 1. The maximum Gasteiger partial charge on any atom is 0.134 e. The molecule has 1 saturated heterocycles. The zero-order chi connectivity index (χ0) is 11.8. The average molecular weight is 235 g/mol. The summed E-state index contributed by atoms with van der Waals surface area (Å²) in [4.78, 5) is 14.1. The molecule has 2 bridgehead atoms. The van der Waals surface area contributed by atoms with Gasteiger partial charge in [-0.15, -0.1) is 0 Å². The molecule has 1 heterocycles. The molecule has 0 spiro atoms. The molecule has 3 rings (SSSR count). The second kappa shape index (κ2) is 4.72. The molecule has 96 valence electrons. The zero-order valence-corrected chi connectivity index (χ0v) is 11.0. The minimum atomic E-state index is 0.336. The summed E-state index contributed by atoms with van der Waals surface area (Å²) in [6.07, 6.45) is 8.32. The number of piperidine rings is 1. The van der Waals surface area contributed by atoms with E-state index >= 15 is 0 Å². The van der Waals surface area contributed by atoms with Crippen LogP contribution in [0.3, 0.4) is 0 Å². The van der Waals surface area contributed by atoms with Crippen molar-refractivity contribution in [2.75, 3.05) is 19.6 Å². The lowest BCUT2D eigenvalue weighted by Gasteiger charge is -2.35. The van der Waals surface area contributed by atoms with Gasteiger partial charge in [0.1, 0.15) is 5.78 Å². The quantitative estimate of drug-likeness (QED) is 0.749. The Kier molecular flexibility index (Phi) is 3.25. The number of nitrogens with zero attached hydrogens (tertiary/aromatic N) is 1. The Labute approximate surface area is 105 Å². The van der Waals surface area contributed by atoms with Crippen LogP contribution in [0.4, 0.5) is 0 Å². The van der Waals surface area contributed by atoms with E-state index in [9.17, 15) is 4.79 Å². The normalized spacial score (nSPS) is 41.9. The van der Waals surface area contributed by atoms with E-state index in [2.05, 4.69) is 4.90 Å². The molecule has 0 radical (unpaired) electrons. The molecule has 2 heteroatoms. The van der Waals surface area contributed by atoms with Crippen molar-refractivity contribution in [2.45, 2.75) is 45.4 Å². The lowest BCUT2D eigenvalue weighted by Crippen LogP contribution is -2.41. The third-order valence-electron chi connectivity index (χ3n) is 5.46. The van der Waals surface area contributed by atoms with Gasteiger partial charge in [-0.25, -0.2) is 0 Å². The van der Waals surface area contributed by atoms with E-state index in [4.69, 9.17) is 0 Å². The number of hydrogen-bond donors (Lipinski definition) is 0. The van der Waals surface area contributed by atoms with Crippen molar-refractivity contribution in [1.82, 2.24) is 4.90 Å². The smallest absolute Gasteiger partial charge is 0.134 e. The van der Waals surface area contributed by atoms with Crippen molar-refractivity contribution in [3.05, 3.63) is 0 Å². The summed E-state index contributed by atoms with van der Waals surface area (Å²) < 4.78 is 0. The lowest BCUT2D eigenvalue weighted by atomic mass is 9.87. The number of hydrogen-bond acceptors (Lipinski definition) is 2. The van der Waals surface area contributed by atoms with E-state index in [-0.39, 0.29) is 0 Å². The highest BCUT2D eigenvalue weighted by molar-refractivity contribution is 5.78. The zero-order valence-electron chi connectivity index (χ0n) is 11.0. The molecule has 2 aliphatic carbocycles. The molecule has 4 unspecified atom stereocenters. The Balaban J connectivity index is 1.53.